The van der Waals surface area contributed by atoms with Crippen LogP contribution in [0.5, 0.6) is 0 Å². The summed E-state index contributed by atoms with van der Waals surface area (Å²) < 4.78 is 21.8. The molecule has 20 heavy (non-hydrogen) atoms. The van der Waals surface area contributed by atoms with Crippen LogP contribution in [0, 0.1) is 0 Å². The average Bonchev–Trinajstić information content (AvgIpc) is 2.64. The highest BCUT2D eigenvalue weighted by atomic mass is 32.2. The van der Waals surface area contributed by atoms with Crippen molar-refractivity contribution in [2.24, 2.45) is 0 Å². The minimum atomic E-state index is -3.53. The molecule has 110 valence electrons. The Labute approximate surface area is 118 Å². The molecule has 1 aliphatic carbocycles. The van der Waals surface area contributed by atoms with Crippen molar-refractivity contribution < 1.29 is 18.3 Å². The first-order valence-corrected chi connectivity index (χ1v) is 8.30. The van der Waals surface area contributed by atoms with Crippen LogP contribution in [0.4, 0.5) is 0 Å². The SMILES string of the molecule is CC(C)(C(=O)N[C@H]1c2ccccc2C[C@H]1O)S(C)(=O)=O. The van der Waals surface area contributed by atoms with Crippen LogP contribution in [0.3, 0.4) is 0 Å². The third kappa shape index (κ3) is 2.45. The molecule has 0 saturated carbocycles. The summed E-state index contributed by atoms with van der Waals surface area (Å²) in [6.45, 7) is 2.73. The first-order valence-electron chi connectivity index (χ1n) is 6.41. The topological polar surface area (TPSA) is 83.5 Å². The molecular formula is C14H19NO4S. The number of carbonyl (C=O) groups excluding carboxylic acids is 1. The van der Waals surface area contributed by atoms with E-state index in [0.29, 0.717) is 6.42 Å². The Bertz CT molecular complexity index is 636. The number of fused-ring (bicyclic) bond motifs is 1. The van der Waals surface area contributed by atoms with Crippen molar-refractivity contribution in [1.82, 2.24) is 5.32 Å². The molecule has 0 saturated heterocycles. The lowest BCUT2D eigenvalue weighted by molar-refractivity contribution is -0.124. The predicted molar refractivity (Wildman–Crippen MR) is 76.0 cm³/mol. The van der Waals surface area contributed by atoms with E-state index in [1.165, 1.54) is 13.8 Å². The van der Waals surface area contributed by atoms with Gasteiger partial charge in [0, 0.05) is 12.7 Å². The monoisotopic (exact) mass is 297 g/mol. The molecule has 5 nitrogen and oxygen atoms in total. The number of hydrogen-bond donors (Lipinski definition) is 2. The van der Waals surface area contributed by atoms with Gasteiger partial charge in [-0.3, -0.25) is 4.79 Å². The Kier molecular flexibility index (Phi) is 3.64. The third-order valence-electron chi connectivity index (χ3n) is 3.96. The van der Waals surface area contributed by atoms with Crippen molar-refractivity contribution in [2.75, 3.05) is 6.26 Å². The minimum absolute atomic E-state index is 0.459. The average molecular weight is 297 g/mol. The predicted octanol–water partition coefficient (Wildman–Crippen LogP) is 0.584. The maximum Gasteiger partial charge on any atom is 0.241 e. The van der Waals surface area contributed by atoms with E-state index in [1.807, 2.05) is 24.3 Å². The van der Waals surface area contributed by atoms with Crippen molar-refractivity contribution in [1.29, 1.82) is 0 Å². The molecule has 0 heterocycles. The van der Waals surface area contributed by atoms with Crippen molar-refractivity contribution in [3.63, 3.8) is 0 Å². The number of sulfone groups is 1. The van der Waals surface area contributed by atoms with E-state index in [2.05, 4.69) is 5.32 Å². The van der Waals surface area contributed by atoms with Crippen molar-refractivity contribution in [3.05, 3.63) is 35.4 Å². The van der Waals surface area contributed by atoms with Crippen molar-refractivity contribution in [3.8, 4) is 0 Å². The molecule has 2 rings (SSSR count). The van der Waals surface area contributed by atoms with Gasteiger partial charge in [0.1, 0.15) is 4.75 Å². The van der Waals surface area contributed by atoms with Gasteiger partial charge in [-0.15, -0.1) is 0 Å². The molecule has 6 heteroatoms. The van der Waals surface area contributed by atoms with Crippen LogP contribution in [0.15, 0.2) is 24.3 Å². The number of aliphatic hydroxyl groups excluding tert-OH is 1. The van der Waals surface area contributed by atoms with Gasteiger partial charge in [0.2, 0.25) is 5.91 Å². The molecule has 1 aromatic rings. The first-order chi connectivity index (χ1) is 9.14. The van der Waals surface area contributed by atoms with Crippen molar-refractivity contribution >= 4 is 15.7 Å². The van der Waals surface area contributed by atoms with E-state index in [9.17, 15) is 18.3 Å². The highest BCUT2D eigenvalue weighted by molar-refractivity contribution is 7.92. The molecule has 2 atom stereocenters. The Morgan fingerprint density at radius 1 is 1.35 bits per heavy atom. The largest absolute Gasteiger partial charge is 0.390 e. The van der Waals surface area contributed by atoms with Gasteiger partial charge in [-0.2, -0.15) is 0 Å². The van der Waals surface area contributed by atoms with Gasteiger partial charge < -0.3 is 10.4 Å². The van der Waals surface area contributed by atoms with Gasteiger partial charge in [0.05, 0.1) is 12.1 Å². The lowest BCUT2D eigenvalue weighted by Gasteiger charge is -2.26. The van der Waals surface area contributed by atoms with E-state index >= 15 is 0 Å². The molecule has 0 bridgehead atoms. The Hall–Kier alpha value is -1.40. The van der Waals surface area contributed by atoms with Crippen LogP contribution in [0.2, 0.25) is 0 Å². The molecule has 1 amide bonds. The van der Waals surface area contributed by atoms with Gasteiger partial charge in [0.25, 0.3) is 0 Å². The van der Waals surface area contributed by atoms with Gasteiger partial charge in [-0.25, -0.2) is 8.42 Å². The van der Waals surface area contributed by atoms with Gasteiger partial charge in [0.15, 0.2) is 9.84 Å². The zero-order valence-corrected chi connectivity index (χ0v) is 12.6. The summed E-state index contributed by atoms with van der Waals surface area (Å²) in [6, 6.07) is 6.88. The van der Waals surface area contributed by atoms with Crippen LogP contribution in [-0.2, 0) is 21.1 Å². The summed E-state index contributed by atoms with van der Waals surface area (Å²) in [5.74, 6) is -0.597. The fourth-order valence-corrected chi connectivity index (χ4v) is 2.63. The summed E-state index contributed by atoms with van der Waals surface area (Å²) in [6.07, 6.45) is 0.762. The Morgan fingerprint density at radius 3 is 2.55 bits per heavy atom. The molecular weight excluding hydrogens is 278 g/mol. The zero-order valence-electron chi connectivity index (χ0n) is 11.8. The quantitative estimate of drug-likeness (QED) is 0.855. The first kappa shape index (κ1) is 15.0. The van der Waals surface area contributed by atoms with Gasteiger partial charge in [-0.05, 0) is 25.0 Å². The second-order valence-corrected chi connectivity index (χ2v) is 8.27. The van der Waals surface area contributed by atoms with Crippen molar-refractivity contribution in [2.45, 2.75) is 37.2 Å². The Balaban J connectivity index is 2.25. The zero-order chi connectivity index (χ0) is 15.1. The van der Waals surface area contributed by atoms with Crippen LogP contribution < -0.4 is 5.32 Å². The third-order valence-corrected chi connectivity index (χ3v) is 6.00. The fraction of sp³-hybridized carbons (Fsp3) is 0.500. The molecule has 1 aromatic carbocycles. The summed E-state index contributed by atoms with van der Waals surface area (Å²) in [7, 11) is -3.53. The maximum atomic E-state index is 12.2. The summed E-state index contributed by atoms with van der Waals surface area (Å²) in [5.41, 5.74) is 1.82. The number of amides is 1. The molecule has 0 fully saturated rings. The molecule has 1 aliphatic rings. The summed E-state index contributed by atoms with van der Waals surface area (Å²) >= 11 is 0. The van der Waals surface area contributed by atoms with E-state index in [0.717, 1.165) is 17.4 Å². The van der Waals surface area contributed by atoms with E-state index < -0.39 is 32.6 Å². The van der Waals surface area contributed by atoms with Crippen LogP contribution in [-0.4, -0.2) is 36.5 Å². The van der Waals surface area contributed by atoms with Gasteiger partial charge >= 0.3 is 0 Å². The van der Waals surface area contributed by atoms with Crippen LogP contribution >= 0.6 is 0 Å². The lowest BCUT2D eigenvalue weighted by atomic mass is 10.1. The number of carbonyl (C=O) groups is 1. The number of nitrogens with one attached hydrogen (secondary N) is 1. The van der Waals surface area contributed by atoms with E-state index in [1.54, 1.807) is 0 Å². The highest BCUT2D eigenvalue weighted by Crippen LogP contribution is 2.32. The smallest absolute Gasteiger partial charge is 0.241 e. The highest BCUT2D eigenvalue weighted by Gasteiger charge is 2.41. The summed E-state index contributed by atoms with van der Waals surface area (Å²) in [4.78, 5) is 12.2. The molecule has 0 aliphatic heterocycles. The molecule has 2 N–H and O–H groups in total. The number of rotatable bonds is 3. The number of aliphatic hydroxyl groups is 1. The minimum Gasteiger partial charge on any atom is -0.390 e. The number of benzene rings is 1. The maximum absolute atomic E-state index is 12.2. The molecule has 0 unspecified atom stereocenters. The Morgan fingerprint density at radius 2 is 1.95 bits per heavy atom. The molecule has 0 aromatic heterocycles. The van der Waals surface area contributed by atoms with Gasteiger partial charge in [-0.1, -0.05) is 24.3 Å². The second kappa shape index (κ2) is 4.86. The molecule has 0 radical (unpaired) electrons. The van der Waals surface area contributed by atoms with E-state index in [4.69, 9.17) is 0 Å². The second-order valence-electron chi connectivity index (χ2n) is 5.70. The lowest BCUT2D eigenvalue weighted by Crippen LogP contribution is -2.49. The van der Waals surface area contributed by atoms with Crippen LogP contribution in [0.1, 0.15) is 31.0 Å². The number of hydrogen-bond acceptors (Lipinski definition) is 4. The van der Waals surface area contributed by atoms with Crippen LogP contribution in [0.25, 0.3) is 0 Å². The van der Waals surface area contributed by atoms with E-state index in [-0.39, 0.29) is 0 Å². The summed E-state index contributed by atoms with van der Waals surface area (Å²) in [5, 5.41) is 12.7. The molecule has 0 spiro atoms. The standard InChI is InChI=1S/C14H19NO4S/c1-14(2,20(3,18)19)13(17)15-12-10-7-5-4-6-9(10)8-11(12)16/h4-7,11-12,16H,8H2,1-3H3,(H,15,17)/t11-,12+/m1/s1. The fourth-order valence-electron chi connectivity index (χ4n) is 2.23. The normalized spacial score (nSPS) is 22.4.